The van der Waals surface area contributed by atoms with Gasteiger partial charge in [0.1, 0.15) is 5.75 Å². The predicted molar refractivity (Wildman–Crippen MR) is 71.6 cm³/mol. The van der Waals surface area contributed by atoms with Crippen LogP contribution in [0.1, 0.15) is 19.3 Å². The van der Waals surface area contributed by atoms with Gasteiger partial charge in [0, 0.05) is 24.8 Å². The average Bonchev–Trinajstić information content (AvgIpc) is 2.38. The SMILES string of the molecule is NC(=O)COc1cc(N2CCCCC2)ccc1N. The van der Waals surface area contributed by atoms with Crippen LogP contribution in [0.5, 0.6) is 5.75 Å². The largest absolute Gasteiger partial charge is 0.482 e. The lowest BCUT2D eigenvalue weighted by Crippen LogP contribution is -2.29. The summed E-state index contributed by atoms with van der Waals surface area (Å²) in [6.07, 6.45) is 3.71. The van der Waals surface area contributed by atoms with E-state index in [4.69, 9.17) is 16.2 Å². The summed E-state index contributed by atoms with van der Waals surface area (Å²) in [5.74, 6) is 0.0228. The van der Waals surface area contributed by atoms with Crippen LogP contribution in [0.25, 0.3) is 0 Å². The topological polar surface area (TPSA) is 81.6 Å². The molecule has 1 amide bonds. The Kier molecular flexibility index (Phi) is 3.92. The minimum Gasteiger partial charge on any atom is -0.482 e. The number of benzene rings is 1. The minimum absolute atomic E-state index is 0.145. The maximum absolute atomic E-state index is 10.7. The molecule has 98 valence electrons. The number of ether oxygens (including phenoxy) is 1. The van der Waals surface area contributed by atoms with Crippen LogP contribution in [-0.2, 0) is 4.79 Å². The van der Waals surface area contributed by atoms with Crippen molar-refractivity contribution in [3.63, 3.8) is 0 Å². The Morgan fingerprint density at radius 1 is 1.28 bits per heavy atom. The molecule has 1 aliphatic heterocycles. The molecular weight excluding hydrogens is 230 g/mol. The number of carbonyl (C=O) groups is 1. The molecule has 1 aliphatic rings. The van der Waals surface area contributed by atoms with Crippen LogP contribution in [0.3, 0.4) is 0 Å². The minimum atomic E-state index is -0.502. The Labute approximate surface area is 107 Å². The fourth-order valence-corrected chi connectivity index (χ4v) is 2.15. The number of carbonyl (C=O) groups excluding carboxylic acids is 1. The van der Waals surface area contributed by atoms with E-state index in [1.807, 2.05) is 12.1 Å². The Hall–Kier alpha value is -1.91. The number of nitrogens with zero attached hydrogens (tertiary/aromatic N) is 1. The van der Waals surface area contributed by atoms with E-state index in [1.54, 1.807) is 6.07 Å². The van der Waals surface area contributed by atoms with Crippen molar-refractivity contribution in [2.75, 3.05) is 30.3 Å². The lowest BCUT2D eigenvalue weighted by Gasteiger charge is -2.29. The standard InChI is InChI=1S/C13H19N3O2/c14-11-5-4-10(16-6-2-1-3-7-16)8-12(11)18-9-13(15)17/h4-5,8H,1-3,6-7,9,14H2,(H2,15,17). The number of primary amides is 1. The molecule has 0 aliphatic carbocycles. The van der Waals surface area contributed by atoms with E-state index in [0.717, 1.165) is 18.8 Å². The zero-order valence-electron chi connectivity index (χ0n) is 10.4. The molecule has 1 heterocycles. The number of amides is 1. The van der Waals surface area contributed by atoms with Crippen LogP contribution in [0, 0.1) is 0 Å². The Morgan fingerprint density at radius 3 is 2.67 bits per heavy atom. The molecule has 0 unspecified atom stereocenters. The summed E-state index contributed by atoms with van der Waals surface area (Å²) >= 11 is 0. The number of nitrogen functional groups attached to an aromatic ring is 1. The third kappa shape index (κ3) is 3.06. The van der Waals surface area contributed by atoms with Crippen LogP contribution >= 0.6 is 0 Å². The summed E-state index contributed by atoms with van der Waals surface area (Å²) in [5, 5.41) is 0. The first-order valence-corrected chi connectivity index (χ1v) is 6.22. The zero-order chi connectivity index (χ0) is 13.0. The summed E-state index contributed by atoms with van der Waals surface area (Å²) in [6.45, 7) is 1.96. The maximum atomic E-state index is 10.7. The third-order valence-electron chi connectivity index (χ3n) is 3.09. The number of rotatable bonds is 4. The molecule has 5 heteroatoms. The zero-order valence-corrected chi connectivity index (χ0v) is 10.4. The average molecular weight is 249 g/mol. The van der Waals surface area contributed by atoms with Crippen molar-refractivity contribution in [2.45, 2.75) is 19.3 Å². The monoisotopic (exact) mass is 249 g/mol. The van der Waals surface area contributed by atoms with E-state index in [9.17, 15) is 4.79 Å². The molecule has 0 radical (unpaired) electrons. The summed E-state index contributed by atoms with van der Waals surface area (Å²) in [4.78, 5) is 13.0. The van der Waals surface area contributed by atoms with E-state index < -0.39 is 5.91 Å². The van der Waals surface area contributed by atoms with E-state index in [-0.39, 0.29) is 6.61 Å². The van der Waals surface area contributed by atoms with Crippen molar-refractivity contribution >= 4 is 17.3 Å². The molecule has 1 aromatic carbocycles. The fraction of sp³-hybridized carbons (Fsp3) is 0.462. The van der Waals surface area contributed by atoms with Crippen molar-refractivity contribution < 1.29 is 9.53 Å². The normalized spacial score (nSPS) is 15.4. The van der Waals surface area contributed by atoms with Gasteiger partial charge in [0.2, 0.25) is 0 Å². The highest BCUT2D eigenvalue weighted by Crippen LogP contribution is 2.29. The highest BCUT2D eigenvalue weighted by Gasteiger charge is 2.13. The van der Waals surface area contributed by atoms with E-state index in [0.29, 0.717) is 11.4 Å². The quantitative estimate of drug-likeness (QED) is 0.783. The van der Waals surface area contributed by atoms with Gasteiger partial charge in [-0.2, -0.15) is 0 Å². The highest BCUT2D eigenvalue weighted by molar-refractivity contribution is 5.75. The molecule has 4 N–H and O–H groups in total. The smallest absolute Gasteiger partial charge is 0.255 e. The molecule has 2 rings (SSSR count). The third-order valence-corrected chi connectivity index (χ3v) is 3.09. The summed E-state index contributed by atoms with van der Waals surface area (Å²) in [6, 6.07) is 5.67. The number of hydrogen-bond donors (Lipinski definition) is 2. The molecule has 1 aromatic rings. The first kappa shape index (κ1) is 12.5. The Morgan fingerprint density at radius 2 is 2.00 bits per heavy atom. The van der Waals surface area contributed by atoms with Gasteiger partial charge in [-0.25, -0.2) is 0 Å². The molecule has 1 fully saturated rings. The van der Waals surface area contributed by atoms with Crippen molar-refractivity contribution in [1.82, 2.24) is 0 Å². The van der Waals surface area contributed by atoms with E-state index in [2.05, 4.69) is 4.90 Å². The van der Waals surface area contributed by atoms with Gasteiger partial charge < -0.3 is 21.1 Å². The van der Waals surface area contributed by atoms with Gasteiger partial charge in [-0.3, -0.25) is 4.79 Å². The molecule has 18 heavy (non-hydrogen) atoms. The van der Waals surface area contributed by atoms with Crippen molar-refractivity contribution in [1.29, 1.82) is 0 Å². The van der Waals surface area contributed by atoms with Crippen LogP contribution in [0.4, 0.5) is 11.4 Å². The molecule has 0 saturated carbocycles. The summed E-state index contributed by atoms with van der Waals surface area (Å²) < 4.78 is 5.30. The number of piperidine rings is 1. The first-order valence-electron chi connectivity index (χ1n) is 6.22. The molecule has 0 bridgehead atoms. The van der Waals surface area contributed by atoms with Crippen LogP contribution < -0.4 is 21.1 Å². The number of nitrogens with two attached hydrogens (primary N) is 2. The predicted octanol–water partition coefficient (Wildman–Crippen LogP) is 1.12. The van der Waals surface area contributed by atoms with Gasteiger partial charge in [-0.05, 0) is 31.4 Å². The van der Waals surface area contributed by atoms with Gasteiger partial charge in [0.25, 0.3) is 5.91 Å². The Balaban J connectivity index is 2.11. The van der Waals surface area contributed by atoms with Crippen LogP contribution in [-0.4, -0.2) is 25.6 Å². The lowest BCUT2D eigenvalue weighted by atomic mass is 10.1. The van der Waals surface area contributed by atoms with Crippen molar-refractivity contribution in [3.05, 3.63) is 18.2 Å². The first-order chi connectivity index (χ1) is 8.66. The molecule has 0 spiro atoms. The number of anilines is 2. The van der Waals surface area contributed by atoms with Gasteiger partial charge >= 0.3 is 0 Å². The molecule has 5 nitrogen and oxygen atoms in total. The summed E-state index contributed by atoms with van der Waals surface area (Å²) in [7, 11) is 0. The van der Waals surface area contributed by atoms with Gasteiger partial charge in [-0.1, -0.05) is 0 Å². The van der Waals surface area contributed by atoms with Gasteiger partial charge in [0.15, 0.2) is 6.61 Å². The Bertz CT molecular complexity index is 428. The summed E-state index contributed by atoms with van der Waals surface area (Å²) in [5.41, 5.74) is 12.5. The van der Waals surface area contributed by atoms with E-state index >= 15 is 0 Å². The molecular formula is C13H19N3O2. The number of hydrogen-bond acceptors (Lipinski definition) is 4. The highest BCUT2D eigenvalue weighted by atomic mass is 16.5. The maximum Gasteiger partial charge on any atom is 0.255 e. The second-order valence-electron chi connectivity index (χ2n) is 4.52. The lowest BCUT2D eigenvalue weighted by molar-refractivity contribution is -0.119. The van der Waals surface area contributed by atoms with Gasteiger partial charge in [0.05, 0.1) is 5.69 Å². The molecule has 0 aromatic heterocycles. The molecule has 0 atom stereocenters. The van der Waals surface area contributed by atoms with Crippen molar-refractivity contribution in [2.24, 2.45) is 5.73 Å². The van der Waals surface area contributed by atoms with Crippen LogP contribution in [0.15, 0.2) is 18.2 Å². The fourth-order valence-electron chi connectivity index (χ4n) is 2.15. The second kappa shape index (κ2) is 5.62. The molecule has 1 saturated heterocycles. The second-order valence-corrected chi connectivity index (χ2v) is 4.52. The van der Waals surface area contributed by atoms with Crippen molar-refractivity contribution in [3.8, 4) is 5.75 Å². The van der Waals surface area contributed by atoms with Gasteiger partial charge in [-0.15, -0.1) is 0 Å². The van der Waals surface area contributed by atoms with Crippen LogP contribution in [0.2, 0.25) is 0 Å². The van der Waals surface area contributed by atoms with E-state index in [1.165, 1.54) is 19.3 Å².